The fourth-order valence-corrected chi connectivity index (χ4v) is 4.69. The number of rotatable bonds is 10. The van der Waals surface area contributed by atoms with Crippen molar-refractivity contribution in [2.75, 3.05) is 0 Å². The molecule has 11 heteroatoms. The van der Waals surface area contributed by atoms with E-state index in [9.17, 15) is 32.4 Å². The van der Waals surface area contributed by atoms with Crippen molar-refractivity contribution in [3.63, 3.8) is 0 Å². The third kappa shape index (κ3) is 7.32. The van der Waals surface area contributed by atoms with Gasteiger partial charge in [-0.3, -0.25) is 14.9 Å². The Hall–Kier alpha value is -2.97. The first-order chi connectivity index (χ1) is 17.5. The highest BCUT2D eigenvalue weighted by molar-refractivity contribution is 9.10. The number of nitriles is 1. The molecular formula is C27H29BrF4N4O2. The van der Waals surface area contributed by atoms with Gasteiger partial charge in [0.15, 0.2) is 0 Å². The van der Waals surface area contributed by atoms with Crippen molar-refractivity contribution in [1.82, 2.24) is 10.6 Å². The molecule has 1 aliphatic carbocycles. The Morgan fingerprint density at radius 1 is 1.11 bits per heavy atom. The van der Waals surface area contributed by atoms with Gasteiger partial charge >= 0.3 is 6.18 Å². The van der Waals surface area contributed by atoms with Crippen LogP contribution in [0, 0.1) is 11.3 Å². The molecule has 2 amide bonds. The zero-order valence-electron chi connectivity index (χ0n) is 21.1. The number of halogens is 5. The van der Waals surface area contributed by atoms with E-state index in [1.165, 1.54) is 38.1 Å². The van der Waals surface area contributed by atoms with Crippen LogP contribution >= 0.6 is 15.9 Å². The van der Waals surface area contributed by atoms with E-state index in [0.29, 0.717) is 34.0 Å². The molecular weight excluding hydrogens is 568 g/mol. The molecule has 6 nitrogen and oxygen atoms in total. The predicted octanol–water partition coefficient (Wildman–Crippen LogP) is 5.58. The standard InChI is InChI=1S/C27H29BrF4N4O2/c1-15(23(34)37)18-8-9-19(20(28)12-18)16-4-6-17(7-5-16)22(27(30,31)32)35-21(13-25(2,3)29)24(38)36-26(14-33)10-11-26/h4-9,12,15,21-22,35H,10-11,13H2,1-3H3,(H2,34,37)(H,36,38)/t15-,21-,22-/m0/s1. The minimum Gasteiger partial charge on any atom is -0.369 e. The molecule has 0 heterocycles. The monoisotopic (exact) mass is 596 g/mol. The number of nitrogens with two attached hydrogens (primary N) is 1. The molecule has 1 saturated carbocycles. The molecule has 204 valence electrons. The summed E-state index contributed by atoms with van der Waals surface area (Å²) >= 11 is 3.44. The van der Waals surface area contributed by atoms with E-state index in [0.717, 1.165) is 0 Å². The molecule has 1 fully saturated rings. The van der Waals surface area contributed by atoms with E-state index in [-0.39, 0.29) is 5.56 Å². The summed E-state index contributed by atoms with van der Waals surface area (Å²) in [6, 6.07) is 8.96. The van der Waals surface area contributed by atoms with Crippen molar-refractivity contribution in [1.29, 1.82) is 5.26 Å². The highest BCUT2D eigenvalue weighted by atomic mass is 79.9. The highest BCUT2D eigenvalue weighted by Crippen LogP contribution is 2.38. The van der Waals surface area contributed by atoms with Crippen LogP contribution in [0.5, 0.6) is 0 Å². The van der Waals surface area contributed by atoms with Crippen LogP contribution in [-0.2, 0) is 9.59 Å². The van der Waals surface area contributed by atoms with E-state index in [4.69, 9.17) is 5.73 Å². The number of alkyl halides is 4. The summed E-state index contributed by atoms with van der Waals surface area (Å²) in [6.45, 7) is 4.03. The second-order valence-electron chi connectivity index (χ2n) is 10.3. The SMILES string of the molecule is C[C@H](C(N)=O)c1ccc(-c2ccc([C@H](N[C@@H](CC(C)(C)F)C(=O)NC3(C#N)CC3)C(F)(F)F)cc2)c(Br)c1. The number of carbonyl (C=O) groups excluding carboxylic acids is 2. The molecule has 1 aliphatic rings. The van der Waals surface area contributed by atoms with Crippen molar-refractivity contribution in [3.8, 4) is 17.2 Å². The Balaban J connectivity index is 1.88. The first kappa shape index (κ1) is 29.6. The fourth-order valence-electron chi connectivity index (χ4n) is 4.06. The minimum atomic E-state index is -4.79. The molecule has 0 bridgehead atoms. The number of amides is 2. The molecule has 4 N–H and O–H groups in total. The topological polar surface area (TPSA) is 108 Å². The van der Waals surface area contributed by atoms with Crippen LogP contribution < -0.4 is 16.4 Å². The fraction of sp³-hybridized carbons (Fsp3) is 0.444. The Bertz CT molecular complexity index is 1230. The van der Waals surface area contributed by atoms with Gasteiger partial charge < -0.3 is 11.1 Å². The molecule has 3 rings (SSSR count). The summed E-state index contributed by atoms with van der Waals surface area (Å²) in [7, 11) is 0. The van der Waals surface area contributed by atoms with Crippen molar-refractivity contribution in [3.05, 3.63) is 58.1 Å². The molecule has 2 aromatic rings. The lowest BCUT2D eigenvalue weighted by Gasteiger charge is -2.30. The number of primary amides is 1. The highest BCUT2D eigenvalue weighted by Gasteiger charge is 2.48. The maximum absolute atomic E-state index is 14.5. The van der Waals surface area contributed by atoms with E-state index in [2.05, 4.69) is 26.6 Å². The van der Waals surface area contributed by atoms with E-state index in [1.807, 2.05) is 6.07 Å². The Morgan fingerprint density at radius 3 is 2.13 bits per heavy atom. The molecule has 0 radical (unpaired) electrons. The molecule has 38 heavy (non-hydrogen) atoms. The second kappa shape index (κ2) is 11.0. The van der Waals surface area contributed by atoms with Gasteiger partial charge in [-0.05, 0) is 61.9 Å². The van der Waals surface area contributed by atoms with E-state index in [1.54, 1.807) is 25.1 Å². The van der Waals surface area contributed by atoms with Crippen LogP contribution in [0.1, 0.15) is 63.1 Å². The maximum Gasteiger partial charge on any atom is 0.407 e. The summed E-state index contributed by atoms with van der Waals surface area (Å²) in [4.78, 5) is 24.3. The third-order valence-corrected chi connectivity index (χ3v) is 7.16. The van der Waals surface area contributed by atoms with Gasteiger partial charge in [0, 0.05) is 10.9 Å². The Kier molecular flexibility index (Phi) is 8.58. The maximum atomic E-state index is 14.5. The number of benzene rings is 2. The number of carbonyl (C=O) groups is 2. The van der Waals surface area contributed by atoms with Crippen molar-refractivity contribution in [2.45, 2.75) is 75.4 Å². The molecule has 2 aromatic carbocycles. The molecule has 0 saturated heterocycles. The molecule has 0 unspecified atom stereocenters. The van der Waals surface area contributed by atoms with Gasteiger partial charge in [0.25, 0.3) is 0 Å². The molecule has 0 aromatic heterocycles. The number of nitrogens with zero attached hydrogens (tertiary/aromatic N) is 1. The van der Waals surface area contributed by atoms with Gasteiger partial charge in [-0.1, -0.05) is 52.3 Å². The largest absolute Gasteiger partial charge is 0.407 e. The number of nitrogens with one attached hydrogen (secondary N) is 2. The van der Waals surface area contributed by atoms with Gasteiger partial charge in [0.05, 0.1) is 18.0 Å². The van der Waals surface area contributed by atoms with Crippen LogP contribution in [0.2, 0.25) is 0 Å². The quantitative estimate of drug-likeness (QED) is 0.311. The first-order valence-electron chi connectivity index (χ1n) is 12.0. The summed E-state index contributed by atoms with van der Waals surface area (Å²) < 4.78 is 57.6. The van der Waals surface area contributed by atoms with E-state index < -0.39 is 53.6 Å². The van der Waals surface area contributed by atoms with Crippen LogP contribution in [0.3, 0.4) is 0 Å². The van der Waals surface area contributed by atoms with Crippen LogP contribution in [0.25, 0.3) is 11.1 Å². The second-order valence-corrected chi connectivity index (χ2v) is 11.1. The Labute approximate surface area is 227 Å². The van der Waals surface area contributed by atoms with Gasteiger partial charge in [-0.25, -0.2) is 4.39 Å². The number of hydrogen-bond donors (Lipinski definition) is 3. The van der Waals surface area contributed by atoms with Crippen LogP contribution in [-0.4, -0.2) is 35.2 Å². The average Bonchev–Trinajstić information content (AvgIpc) is 3.59. The Morgan fingerprint density at radius 2 is 1.68 bits per heavy atom. The van der Waals surface area contributed by atoms with Crippen molar-refractivity contribution >= 4 is 27.7 Å². The first-order valence-corrected chi connectivity index (χ1v) is 12.8. The van der Waals surface area contributed by atoms with Gasteiger partial charge in [0.2, 0.25) is 11.8 Å². The van der Waals surface area contributed by atoms with Gasteiger partial charge in [-0.15, -0.1) is 0 Å². The zero-order chi connectivity index (χ0) is 28.5. The zero-order valence-corrected chi connectivity index (χ0v) is 22.7. The molecule has 0 spiro atoms. The van der Waals surface area contributed by atoms with Crippen LogP contribution in [0.15, 0.2) is 46.9 Å². The summed E-state index contributed by atoms with van der Waals surface area (Å²) in [6.07, 6.45) is -4.53. The predicted molar refractivity (Wildman–Crippen MR) is 138 cm³/mol. The minimum absolute atomic E-state index is 0.160. The molecule has 3 atom stereocenters. The van der Waals surface area contributed by atoms with Gasteiger partial charge in [-0.2, -0.15) is 18.4 Å². The number of hydrogen-bond acceptors (Lipinski definition) is 4. The lowest BCUT2D eigenvalue weighted by molar-refractivity contribution is -0.161. The third-order valence-electron chi connectivity index (χ3n) is 6.50. The lowest BCUT2D eigenvalue weighted by Crippen LogP contribution is -2.53. The summed E-state index contributed by atoms with van der Waals surface area (Å²) in [5.74, 6) is -1.85. The van der Waals surface area contributed by atoms with Gasteiger partial charge in [0.1, 0.15) is 17.2 Å². The molecule has 0 aliphatic heterocycles. The van der Waals surface area contributed by atoms with Crippen molar-refractivity contribution < 1.29 is 27.2 Å². The van der Waals surface area contributed by atoms with Crippen LogP contribution in [0.4, 0.5) is 17.6 Å². The van der Waals surface area contributed by atoms with E-state index >= 15 is 0 Å². The lowest BCUT2D eigenvalue weighted by atomic mass is 9.95. The summed E-state index contributed by atoms with van der Waals surface area (Å²) in [5.41, 5.74) is 4.15. The normalized spacial score (nSPS) is 17.1. The smallest absolute Gasteiger partial charge is 0.369 e. The average molecular weight is 597 g/mol. The summed E-state index contributed by atoms with van der Waals surface area (Å²) in [5, 5.41) is 14.0. The van der Waals surface area contributed by atoms with Crippen molar-refractivity contribution in [2.24, 2.45) is 5.73 Å².